The molecule has 1 N–H and O–H groups in total. The Morgan fingerprint density at radius 2 is 2.00 bits per heavy atom. The Morgan fingerprint density at radius 1 is 1.47 bits per heavy atom. The van der Waals surface area contributed by atoms with Crippen LogP contribution in [0.1, 0.15) is 41.0 Å². The van der Waals surface area contributed by atoms with Crippen LogP contribution < -0.4 is 5.32 Å². The molecule has 0 bridgehead atoms. The number of hydrogen-bond donors (Lipinski definition) is 1. The lowest BCUT2D eigenvalue weighted by Gasteiger charge is -2.24. The Bertz CT molecular complexity index is 245. The van der Waals surface area contributed by atoms with E-state index in [2.05, 4.69) is 11.2 Å². The predicted molar refractivity (Wildman–Crippen MR) is 61.4 cm³/mol. The van der Waals surface area contributed by atoms with E-state index >= 15 is 0 Å². The molecule has 0 saturated heterocycles. The summed E-state index contributed by atoms with van der Waals surface area (Å²) < 4.78 is 5.15. The lowest BCUT2D eigenvalue weighted by molar-refractivity contribution is 0.0492. The molecule has 0 unspecified atom stereocenters. The van der Waals surface area contributed by atoms with Crippen LogP contribution in [-0.2, 0) is 4.74 Å². The number of carbonyl (C=O) groups is 1. The molecule has 0 saturated carbocycles. The third-order valence-electron chi connectivity index (χ3n) is 1.84. The molecule has 0 heterocycles. The average molecular weight is 211 g/mol. The monoisotopic (exact) mass is 211 g/mol. The molecule has 0 aromatic rings. The third-order valence-corrected chi connectivity index (χ3v) is 1.84. The number of rotatable bonds is 3. The number of hydrogen-bond acceptors (Lipinski definition) is 2. The van der Waals surface area contributed by atoms with Crippen LogP contribution in [0.15, 0.2) is 0 Å². The average Bonchev–Trinajstić information content (AvgIpc) is 1.99. The van der Waals surface area contributed by atoms with E-state index in [1.165, 1.54) is 0 Å². The van der Waals surface area contributed by atoms with Gasteiger partial charge in [0.15, 0.2) is 0 Å². The van der Waals surface area contributed by atoms with Crippen molar-refractivity contribution in [1.29, 1.82) is 0 Å². The maximum Gasteiger partial charge on any atom is 0.407 e. The highest BCUT2D eigenvalue weighted by Gasteiger charge is 2.20. The minimum atomic E-state index is -0.470. The van der Waals surface area contributed by atoms with E-state index < -0.39 is 11.7 Å². The summed E-state index contributed by atoms with van der Waals surface area (Å²) >= 11 is 0. The van der Waals surface area contributed by atoms with Gasteiger partial charge in [0.25, 0.3) is 0 Å². The highest BCUT2D eigenvalue weighted by molar-refractivity contribution is 5.68. The molecule has 0 aliphatic carbocycles. The van der Waals surface area contributed by atoms with Crippen LogP contribution in [0.5, 0.6) is 0 Å². The summed E-state index contributed by atoms with van der Waals surface area (Å²) in [5, 5.41) is 2.77. The Labute approximate surface area is 92.6 Å². The van der Waals surface area contributed by atoms with Crippen molar-refractivity contribution in [2.45, 2.75) is 52.7 Å². The summed E-state index contributed by atoms with van der Waals surface area (Å²) in [5.41, 5.74) is -0.470. The van der Waals surface area contributed by atoms with E-state index in [1.54, 1.807) is 0 Å². The molecule has 1 amide bonds. The molecule has 0 fully saturated rings. The third kappa shape index (κ3) is 6.84. The fourth-order valence-electron chi connectivity index (χ4n) is 1.04. The van der Waals surface area contributed by atoms with Crippen molar-refractivity contribution in [2.75, 3.05) is 0 Å². The second-order valence-electron chi connectivity index (χ2n) is 4.90. The first kappa shape index (κ1) is 13.8. The molecule has 0 radical (unpaired) electrons. The molecule has 3 heteroatoms. The molecule has 1 atom stereocenters. The number of ether oxygens (including phenoxy) is 1. The Hall–Kier alpha value is -1.17. The van der Waals surface area contributed by atoms with E-state index in [-0.39, 0.29) is 6.04 Å². The van der Waals surface area contributed by atoms with E-state index in [1.807, 2.05) is 34.6 Å². The number of carbonyl (C=O) groups excluding carboxylic acids is 1. The summed E-state index contributed by atoms with van der Waals surface area (Å²) in [6.07, 6.45) is 5.35. The van der Waals surface area contributed by atoms with Crippen molar-refractivity contribution in [3.05, 3.63) is 0 Å². The van der Waals surface area contributed by atoms with Crippen LogP contribution in [0, 0.1) is 18.3 Å². The molecular weight excluding hydrogens is 190 g/mol. The highest BCUT2D eigenvalue weighted by atomic mass is 16.6. The molecule has 0 rings (SSSR count). The largest absolute Gasteiger partial charge is 0.444 e. The van der Waals surface area contributed by atoms with Crippen LogP contribution in [0.4, 0.5) is 4.79 Å². The van der Waals surface area contributed by atoms with E-state index in [4.69, 9.17) is 11.2 Å². The van der Waals surface area contributed by atoms with Crippen LogP contribution in [0.2, 0.25) is 0 Å². The van der Waals surface area contributed by atoms with Gasteiger partial charge in [-0.3, -0.25) is 0 Å². The summed E-state index contributed by atoms with van der Waals surface area (Å²) in [5.74, 6) is 2.85. The van der Waals surface area contributed by atoms with Crippen LogP contribution in [0.25, 0.3) is 0 Å². The standard InChI is InChI=1S/C12H21NO2/c1-7-8-10(9(2)3)13-11(14)15-12(4,5)6/h1,9-10H,8H2,2-6H3,(H,13,14)/t10-/m1/s1. The zero-order chi connectivity index (χ0) is 12.1. The lowest BCUT2D eigenvalue weighted by atomic mass is 10.0. The molecule has 0 aliphatic heterocycles. The van der Waals surface area contributed by atoms with Gasteiger partial charge in [0.2, 0.25) is 0 Å². The SMILES string of the molecule is C#CC[C@@H](NC(=O)OC(C)(C)C)C(C)C. The quantitative estimate of drug-likeness (QED) is 0.729. The summed E-state index contributed by atoms with van der Waals surface area (Å²) in [6.45, 7) is 9.52. The molecule has 0 aromatic heterocycles. The van der Waals surface area contributed by atoms with Gasteiger partial charge in [-0.15, -0.1) is 12.3 Å². The van der Waals surface area contributed by atoms with Gasteiger partial charge >= 0.3 is 6.09 Å². The molecular formula is C12H21NO2. The molecule has 0 aromatic carbocycles. The normalized spacial score (nSPS) is 13.1. The summed E-state index contributed by atoms with van der Waals surface area (Å²) in [7, 11) is 0. The van der Waals surface area contributed by atoms with Gasteiger partial charge in [0, 0.05) is 12.5 Å². The summed E-state index contributed by atoms with van der Waals surface area (Å²) in [6, 6.07) is -0.0233. The van der Waals surface area contributed by atoms with Crippen molar-refractivity contribution < 1.29 is 9.53 Å². The Morgan fingerprint density at radius 3 is 2.33 bits per heavy atom. The topological polar surface area (TPSA) is 38.3 Å². The van der Waals surface area contributed by atoms with Gasteiger partial charge in [-0.2, -0.15) is 0 Å². The van der Waals surface area contributed by atoms with Crippen LogP contribution in [-0.4, -0.2) is 17.7 Å². The van der Waals surface area contributed by atoms with Gasteiger partial charge < -0.3 is 10.1 Å². The second-order valence-corrected chi connectivity index (χ2v) is 4.90. The van der Waals surface area contributed by atoms with Crippen LogP contribution in [0.3, 0.4) is 0 Å². The zero-order valence-electron chi connectivity index (χ0n) is 10.3. The second kappa shape index (κ2) is 5.65. The Kier molecular flexibility index (Phi) is 5.21. The van der Waals surface area contributed by atoms with E-state index in [0.29, 0.717) is 12.3 Å². The van der Waals surface area contributed by atoms with Crippen molar-refractivity contribution in [2.24, 2.45) is 5.92 Å². The first-order valence-corrected chi connectivity index (χ1v) is 5.19. The van der Waals surface area contributed by atoms with Crippen molar-refractivity contribution in [1.82, 2.24) is 5.32 Å². The van der Waals surface area contributed by atoms with Crippen LogP contribution >= 0.6 is 0 Å². The molecule has 3 nitrogen and oxygen atoms in total. The highest BCUT2D eigenvalue weighted by Crippen LogP contribution is 2.09. The number of nitrogens with one attached hydrogen (secondary N) is 1. The fraction of sp³-hybridized carbons (Fsp3) is 0.750. The minimum absolute atomic E-state index is 0.0233. The van der Waals surface area contributed by atoms with Gasteiger partial charge in [-0.05, 0) is 26.7 Å². The smallest absolute Gasteiger partial charge is 0.407 e. The molecule has 86 valence electrons. The van der Waals surface area contributed by atoms with Gasteiger partial charge in [-0.25, -0.2) is 4.79 Å². The van der Waals surface area contributed by atoms with Crippen molar-refractivity contribution in [3.8, 4) is 12.3 Å². The predicted octanol–water partition coefficient (Wildman–Crippen LogP) is 2.56. The summed E-state index contributed by atoms with van der Waals surface area (Å²) in [4.78, 5) is 11.4. The fourth-order valence-corrected chi connectivity index (χ4v) is 1.04. The van der Waals surface area contributed by atoms with Crippen molar-refractivity contribution in [3.63, 3.8) is 0 Å². The first-order valence-electron chi connectivity index (χ1n) is 5.19. The first-order chi connectivity index (χ1) is 6.76. The van der Waals surface area contributed by atoms with Gasteiger partial charge in [-0.1, -0.05) is 13.8 Å². The Balaban J connectivity index is 4.19. The maximum atomic E-state index is 11.4. The van der Waals surface area contributed by atoms with Gasteiger partial charge in [0.05, 0.1) is 0 Å². The van der Waals surface area contributed by atoms with E-state index in [9.17, 15) is 4.79 Å². The van der Waals surface area contributed by atoms with Crippen molar-refractivity contribution >= 4 is 6.09 Å². The molecule has 0 aliphatic rings. The number of terminal acetylenes is 1. The maximum absolute atomic E-state index is 11.4. The van der Waals surface area contributed by atoms with Gasteiger partial charge in [0.1, 0.15) is 5.60 Å². The van der Waals surface area contributed by atoms with E-state index in [0.717, 1.165) is 0 Å². The molecule has 15 heavy (non-hydrogen) atoms. The molecule has 0 spiro atoms. The minimum Gasteiger partial charge on any atom is -0.444 e. The zero-order valence-corrected chi connectivity index (χ0v) is 10.3. The lowest BCUT2D eigenvalue weighted by Crippen LogP contribution is -2.41. The number of amides is 1. The number of alkyl carbamates (subject to hydrolysis) is 1.